The molecule has 3 nitrogen and oxygen atoms in total. The molecule has 0 aliphatic heterocycles. The summed E-state index contributed by atoms with van der Waals surface area (Å²) < 4.78 is 98.3. The molecule has 0 aliphatic rings. The Morgan fingerprint density at radius 3 is 1.17 bits per heavy atom. The molecule has 0 saturated carbocycles. The summed E-state index contributed by atoms with van der Waals surface area (Å²) in [6.45, 7) is 0. The molecule has 176 valence electrons. The van der Waals surface area contributed by atoms with E-state index in [0.717, 1.165) is 57.8 Å². The molecule has 0 aliphatic carbocycles. The highest BCUT2D eigenvalue weighted by Gasteiger charge is 2.72. The number of rotatable bonds is 17. The number of hydrogen-bond donors (Lipinski definition) is 2. The maximum absolute atomic E-state index is 13.1. The molecular formula is C18H32F7O3P. The maximum atomic E-state index is 13.1. The van der Waals surface area contributed by atoms with Crippen LogP contribution >= 0.6 is 7.60 Å². The normalized spacial score (nSPS) is 13.8. The molecule has 29 heavy (non-hydrogen) atoms. The van der Waals surface area contributed by atoms with Crippen molar-refractivity contribution in [2.24, 2.45) is 0 Å². The molecule has 11 heteroatoms. The number of halogens is 7. The summed E-state index contributed by atoms with van der Waals surface area (Å²) in [5, 5.41) is 0. The van der Waals surface area contributed by atoms with Gasteiger partial charge < -0.3 is 9.79 Å². The lowest BCUT2D eigenvalue weighted by Crippen LogP contribution is -2.51. The Morgan fingerprint density at radius 2 is 0.862 bits per heavy atom. The van der Waals surface area contributed by atoms with Crippen LogP contribution in [0.5, 0.6) is 0 Å². The van der Waals surface area contributed by atoms with Crippen LogP contribution in [0.3, 0.4) is 0 Å². The van der Waals surface area contributed by atoms with E-state index in [-0.39, 0.29) is 19.0 Å². The summed E-state index contributed by atoms with van der Waals surface area (Å²) in [5.41, 5.74) is 0. The third kappa shape index (κ3) is 12.8. The molecule has 0 saturated heterocycles. The largest absolute Gasteiger partial charge is 0.459 e. The average molecular weight is 460 g/mol. The summed E-state index contributed by atoms with van der Waals surface area (Å²) >= 11 is 0. The molecule has 0 aromatic carbocycles. The first-order valence-corrected chi connectivity index (χ1v) is 11.9. The first-order chi connectivity index (χ1) is 13.2. The van der Waals surface area contributed by atoms with Crippen molar-refractivity contribution in [2.75, 3.05) is 6.16 Å². The van der Waals surface area contributed by atoms with Crippen molar-refractivity contribution < 1.29 is 45.1 Å². The van der Waals surface area contributed by atoms with Crippen molar-refractivity contribution >= 4 is 7.60 Å². The zero-order valence-electron chi connectivity index (χ0n) is 16.5. The van der Waals surface area contributed by atoms with Crippen molar-refractivity contribution in [2.45, 2.75) is 108 Å². The van der Waals surface area contributed by atoms with E-state index in [0.29, 0.717) is 12.8 Å². The SMILES string of the molecule is O=P(O)(O)CCCCCCCCCCCCCCCC(F)(F)C(F)(F)C(F)(F)F. The molecule has 0 spiro atoms. The van der Waals surface area contributed by atoms with Crippen LogP contribution in [-0.2, 0) is 4.57 Å². The summed E-state index contributed by atoms with van der Waals surface area (Å²) in [4.78, 5) is 17.4. The Labute approximate surface area is 167 Å². The maximum Gasteiger partial charge on any atom is 0.459 e. The van der Waals surface area contributed by atoms with Crippen LogP contribution in [0.15, 0.2) is 0 Å². The highest BCUT2D eigenvalue weighted by Crippen LogP contribution is 2.48. The fourth-order valence-electron chi connectivity index (χ4n) is 2.97. The minimum atomic E-state index is -6.25. The zero-order valence-corrected chi connectivity index (χ0v) is 17.4. The van der Waals surface area contributed by atoms with Crippen molar-refractivity contribution in [1.29, 1.82) is 0 Å². The minimum absolute atomic E-state index is 0.0740. The smallest absolute Gasteiger partial charge is 0.324 e. The van der Waals surface area contributed by atoms with Gasteiger partial charge in [-0.2, -0.15) is 30.7 Å². The fourth-order valence-corrected chi connectivity index (χ4v) is 3.61. The highest BCUT2D eigenvalue weighted by molar-refractivity contribution is 7.51. The van der Waals surface area contributed by atoms with E-state index < -0.39 is 32.0 Å². The third-order valence-electron chi connectivity index (χ3n) is 4.76. The lowest BCUT2D eigenvalue weighted by atomic mass is 10.0. The van der Waals surface area contributed by atoms with Crippen LogP contribution in [-0.4, -0.2) is 34.0 Å². The van der Waals surface area contributed by atoms with Crippen LogP contribution in [0.4, 0.5) is 30.7 Å². The summed E-state index contributed by atoms with van der Waals surface area (Å²) in [6, 6.07) is 0. The standard InChI is InChI=1S/C18H32F7O3P/c19-16(20,17(21,22)18(23,24)25)14-12-10-8-6-4-2-1-3-5-7-9-11-13-15-29(26,27)28/h1-15H2,(H2,26,27,28). The Bertz CT molecular complexity index is 479. The van der Waals surface area contributed by atoms with Gasteiger partial charge in [0, 0.05) is 12.6 Å². The van der Waals surface area contributed by atoms with Crippen LogP contribution < -0.4 is 0 Å². The van der Waals surface area contributed by atoms with Gasteiger partial charge in [0.15, 0.2) is 0 Å². The highest BCUT2D eigenvalue weighted by atomic mass is 31.2. The van der Waals surface area contributed by atoms with Gasteiger partial charge in [0.2, 0.25) is 0 Å². The van der Waals surface area contributed by atoms with Gasteiger partial charge in [-0.3, -0.25) is 4.57 Å². The van der Waals surface area contributed by atoms with Gasteiger partial charge in [0.05, 0.1) is 0 Å². The van der Waals surface area contributed by atoms with Gasteiger partial charge in [-0.1, -0.05) is 70.6 Å². The van der Waals surface area contributed by atoms with Crippen molar-refractivity contribution in [3.05, 3.63) is 0 Å². The Hall–Kier alpha value is -0.340. The molecule has 2 N–H and O–H groups in total. The number of hydrogen-bond acceptors (Lipinski definition) is 1. The van der Waals surface area contributed by atoms with Crippen LogP contribution in [0.2, 0.25) is 0 Å². The summed E-state index contributed by atoms with van der Waals surface area (Å²) in [6.07, 6.45) is 1.35. The Balaban J connectivity index is 3.53. The number of unbranched alkanes of at least 4 members (excludes halogenated alkanes) is 12. The van der Waals surface area contributed by atoms with E-state index in [2.05, 4.69) is 0 Å². The van der Waals surface area contributed by atoms with E-state index in [1.807, 2.05) is 0 Å². The number of alkyl halides is 7. The van der Waals surface area contributed by atoms with E-state index in [9.17, 15) is 35.3 Å². The quantitative estimate of drug-likeness (QED) is 0.135. The van der Waals surface area contributed by atoms with Crippen molar-refractivity contribution in [1.82, 2.24) is 0 Å². The third-order valence-corrected chi connectivity index (χ3v) is 5.65. The van der Waals surface area contributed by atoms with Gasteiger partial charge in [0.1, 0.15) is 0 Å². The molecule has 0 unspecified atom stereocenters. The molecule has 0 fully saturated rings. The Kier molecular flexibility index (Phi) is 13.0. The fraction of sp³-hybridized carbons (Fsp3) is 1.00. The van der Waals surface area contributed by atoms with E-state index in [1.165, 1.54) is 0 Å². The van der Waals surface area contributed by atoms with Gasteiger partial charge in [0.25, 0.3) is 0 Å². The second-order valence-corrected chi connectivity index (χ2v) is 9.29. The lowest BCUT2D eigenvalue weighted by Gasteiger charge is -2.28. The van der Waals surface area contributed by atoms with E-state index in [4.69, 9.17) is 9.79 Å². The first kappa shape index (κ1) is 28.7. The first-order valence-electron chi connectivity index (χ1n) is 10.1. The summed E-state index contributed by atoms with van der Waals surface area (Å²) in [7, 11) is -3.89. The van der Waals surface area contributed by atoms with Gasteiger partial charge >= 0.3 is 25.6 Å². The van der Waals surface area contributed by atoms with Crippen molar-refractivity contribution in [3.8, 4) is 0 Å². The zero-order chi connectivity index (χ0) is 22.6. The van der Waals surface area contributed by atoms with Gasteiger partial charge in [-0.05, 0) is 12.8 Å². The van der Waals surface area contributed by atoms with Crippen LogP contribution in [0, 0.1) is 0 Å². The summed E-state index contributed by atoms with van der Waals surface area (Å²) in [5.74, 6) is -11.1. The Morgan fingerprint density at radius 1 is 0.552 bits per heavy atom. The van der Waals surface area contributed by atoms with Gasteiger partial charge in [-0.15, -0.1) is 0 Å². The van der Waals surface area contributed by atoms with Crippen LogP contribution in [0.25, 0.3) is 0 Å². The molecule has 0 atom stereocenters. The minimum Gasteiger partial charge on any atom is -0.324 e. The molecule has 0 aromatic heterocycles. The molecule has 0 heterocycles. The molecule has 0 radical (unpaired) electrons. The molecule has 0 aromatic rings. The topological polar surface area (TPSA) is 57.5 Å². The monoisotopic (exact) mass is 460 g/mol. The average Bonchev–Trinajstić information content (AvgIpc) is 2.56. The molecule has 0 bridgehead atoms. The predicted molar refractivity (Wildman–Crippen MR) is 97.5 cm³/mol. The van der Waals surface area contributed by atoms with Crippen LogP contribution in [0.1, 0.15) is 89.9 Å². The van der Waals surface area contributed by atoms with Crippen molar-refractivity contribution in [3.63, 3.8) is 0 Å². The predicted octanol–water partition coefficient (Wildman–Crippen LogP) is 7.46. The van der Waals surface area contributed by atoms with E-state index >= 15 is 0 Å². The van der Waals surface area contributed by atoms with Gasteiger partial charge in [-0.25, -0.2) is 0 Å². The molecule has 0 rings (SSSR count). The second-order valence-electron chi connectivity index (χ2n) is 7.51. The molecular weight excluding hydrogens is 428 g/mol. The van der Waals surface area contributed by atoms with E-state index in [1.54, 1.807) is 0 Å². The molecule has 0 amide bonds. The second kappa shape index (κ2) is 13.2. The lowest BCUT2D eigenvalue weighted by molar-refractivity contribution is -0.355.